The second-order valence-electron chi connectivity index (χ2n) is 3.37. The molecule has 3 rings (SSSR count). The third-order valence-corrected chi connectivity index (χ3v) is 3.47. The molecule has 3 aromatic rings. The van der Waals surface area contributed by atoms with Gasteiger partial charge in [-0.1, -0.05) is 11.6 Å². The number of hydrogen-bond donors (Lipinski definition) is 1. The molecule has 0 atom stereocenters. The van der Waals surface area contributed by atoms with Crippen LogP contribution in [0.2, 0.25) is 5.15 Å². The second-order valence-corrected chi connectivity index (χ2v) is 5.01. The van der Waals surface area contributed by atoms with Gasteiger partial charge in [0.2, 0.25) is 0 Å². The fraction of sp³-hybridized carbons (Fsp3) is 0.100. The van der Waals surface area contributed by atoms with Crippen LogP contribution in [0.5, 0.6) is 0 Å². The zero-order valence-electron chi connectivity index (χ0n) is 8.36. The SMILES string of the molecule is Cc1ccc(-c2nc(Cl)c3n[nH]cc3n2)s1. The molecular formula is C10H7ClN4S. The molecule has 0 bridgehead atoms. The lowest BCUT2D eigenvalue weighted by Gasteiger charge is -1.97. The molecule has 3 heterocycles. The van der Waals surface area contributed by atoms with Crippen LogP contribution in [0.25, 0.3) is 21.7 Å². The number of fused-ring (bicyclic) bond motifs is 1. The number of thiophene rings is 1. The zero-order chi connectivity index (χ0) is 11.1. The quantitative estimate of drug-likeness (QED) is 0.676. The highest BCUT2D eigenvalue weighted by molar-refractivity contribution is 7.15. The second kappa shape index (κ2) is 3.54. The summed E-state index contributed by atoms with van der Waals surface area (Å²) in [6.45, 7) is 2.05. The van der Waals surface area contributed by atoms with E-state index < -0.39 is 0 Å². The summed E-state index contributed by atoms with van der Waals surface area (Å²) in [5.74, 6) is 0.650. The average molecular weight is 251 g/mol. The van der Waals surface area contributed by atoms with Crippen LogP contribution in [0.4, 0.5) is 0 Å². The van der Waals surface area contributed by atoms with Crippen LogP contribution >= 0.6 is 22.9 Å². The number of aryl methyl sites for hydroxylation is 1. The van der Waals surface area contributed by atoms with Crippen molar-refractivity contribution in [3.8, 4) is 10.7 Å². The van der Waals surface area contributed by atoms with Crippen LogP contribution in [-0.2, 0) is 0 Å². The Kier molecular flexibility index (Phi) is 2.15. The van der Waals surface area contributed by atoms with E-state index in [1.165, 1.54) is 4.88 Å². The molecule has 0 amide bonds. The molecule has 16 heavy (non-hydrogen) atoms. The van der Waals surface area contributed by atoms with Gasteiger partial charge in [0.05, 0.1) is 4.88 Å². The molecule has 6 heteroatoms. The lowest BCUT2D eigenvalue weighted by Crippen LogP contribution is -1.88. The fourth-order valence-corrected chi connectivity index (χ4v) is 2.49. The van der Waals surface area contributed by atoms with Crippen molar-refractivity contribution in [2.45, 2.75) is 6.92 Å². The average Bonchev–Trinajstić information content (AvgIpc) is 2.85. The van der Waals surface area contributed by atoms with Crippen molar-refractivity contribution in [2.75, 3.05) is 0 Å². The van der Waals surface area contributed by atoms with Crippen molar-refractivity contribution in [3.05, 3.63) is 28.4 Å². The van der Waals surface area contributed by atoms with Crippen LogP contribution in [0.3, 0.4) is 0 Å². The van der Waals surface area contributed by atoms with Crippen molar-refractivity contribution in [2.24, 2.45) is 0 Å². The number of rotatable bonds is 1. The van der Waals surface area contributed by atoms with E-state index >= 15 is 0 Å². The number of aromatic nitrogens is 4. The molecule has 3 aromatic heterocycles. The summed E-state index contributed by atoms with van der Waals surface area (Å²) in [7, 11) is 0. The van der Waals surface area contributed by atoms with Gasteiger partial charge in [0.25, 0.3) is 0 Å². The van der Waals surface area contributed by atoms with E-state index in [4.69, 9.17) is 11.6 Å². The Balaban J connectivity index is 2.24. The van der Waals surface area contributed by atoms with Crippen molar-refractivity contribution in [3.63, 3.8) is 0 Å². The smallest absolute Gasteiger partial charge is 0.171 e. The van der Waals surface area contributed by atoms with Gasteiger partial charge in [-0.15, -0.1) is 11.3 Å². The van der Waals surface area contributed by atoms with Crippen LogP contribution in [0, 0.1) is 6.92 Å². The van der Waals surface area contributed by atoms with Gasteiger partial charge in [0.15, 0.2) is 11.0 Å². The Morgan fingerprint density at radius 2 is 2.19 bits per heavy atom. The van der Waals surface area contributed by atoms with E-state index in [-0.39, 0.29) is 0 Å². The minimum atomic E-state index is 0.382. The maximum atomic E-state index is 6.03. The van der Waals surface area contributed by atoms with Gasteiger partial charge in [-0.05, 0) is 19.1 Å². The Morgan fingerprint density at radius 1 is 1.31 bits per heavy atom. The number of H-pyrrole nitrogens is 1. The topological polar surface area (TPSA) is 54.5 Å². The predicted molar refractivity (Wildman–Crippen MR) is 64.7 cm³/mol. The van der Waals surface area contributed by atoms with E-state index in [2.05, 4.69) is 20.2 Å². The summed E-state index contributed by atoms with van der Waals surface area (Å²) >= 11 is 7.68. The Hall–Kier alpha value is -1.46. The first-order valence-corrected chi connectivity index (χ1v) is 5.87. The maximum absolute atomic E-state index is 6.03. The van der Waals surface area contributed by atoms with Crippen LogP contribution in [0.15, 0.2) is 18.3 Å². The predicted octanol–water partition coefficient (Wildman–Crippen LogP) is 3.04. The van der Waals surface area contributed by atoms with Gasteiger partial charge >= 0.3 is 0 Å². The summed E-state index contributed by atoms with van der Waals surface area (Å²) in [5.41, 5.74) is 1.35. The number of nitrogens with one attached hydrogen (secondary N) is 1. The molecule has 0 aliphatic heterocycles. The van der Waals surface area contributed by atoms with Crippen molar-refractivity contribution < 1.29 is 0 Å². The monoisotopic (exact) mass is 250 g/mol. The molecule has 80 valence electrons. The number of aromatic amines is 1. The van der Waals surface area contributed by atoms with E-state index in [1.807, 2.05) is 19.1 Å². The van der Waals surface area contributed by atoms with Gasteiger partial charge < -0.3 is 0 Å². The highest BCUT2D eigenvalue weighted by atomic mass is 35.5. The molecular weight excluding hydrogens is 244 g/mol. The Morgan fingerprint density at radius 3 is 2.94 bits per heavy atom. The summed E-state index contributed by atoms with van der Waals surface area (Å²) in [6, 6.07) is 4.04. The number of nitrogens with zero attached hydrogens (tertiary/aromatic N) is 3. The van der Waals surface area contributed by atoms with Gasteiger partial charge in [0.1, 0.15) is 11.0 Å². The minimum Gasteiger partial charge on any atom is -0.283 e. The maximum Gasteiger partial charge on any atom is 0.171 e. The first-order valence-electron chi connectivity index (χ1n) is 4.68. The van der Waals surface area contributed by atoms with Gasteiger partial charge in [0, 0.05) is 11.1 Å². The first kappa shape index (κ1) is 9.74. The number of halogens is 1. The molecule has 4 nitrogen and oxygen atoms in total. The Bertz CT molecular complexity index is 658. The summed E-state index contributed by atoms with van der Waals surface area (Å²) in [4.78, 5) is 10.9. The van der Waals surface area contributed by atoms with Crippen molar-refractivity contribution >= 4 is 34.0 Å². The number of hydrogen-bond acceptors (Lipinski definition) is 4. The molecule has 0 radical (unpaired) electrons. The minimum absolute atomic E-state index is 0.382. The lowest BCUT2D eigenvalue weighted by molar-refractivity contribution is 1.11. The highest BCUT2D eigenvalue weighted by Gasteiger charge is 2.10. The molecule has 1 N–H and O–H groups in total. The van der Waals surface area contributed by atoms with Gasteiger partial charge in [-0.25, -0.2) is 9.97 Å². The molecule has 0 aromatic carbocycles. The van der Waals surface area contributed by atoms with Gasteiger partial charge in [-0.3, -0.25) is 5.10 Å². The summed E-state index contributed by atoms with van der Waals surface area (Å²) in [5, 5.41) is 7.09. The fourth-order valence-electron chi connectivity index (χ4n) is 1.47. The van der Waals surface area contributed by atoms with Crippen molar-refractivity contribution in [1.82, 2.24) is 20.2 Å². The molecule has 0 unspecified atom stereocenters. The van der Waals surface area contributed by atoms with E-state index in [0.717, 1.165) is 10.4 Å². The standard InChI is InChI=1S/C10H7ClN4S/c1-5-2-3-7(16-5)10-13-6-4-12-15-8(6)9(11)14-10/h2-4H,1H3,(H,12,15). The lowest BCUT2D eigenvalue weighted by atomic mass is 10.4. The van der Waals surface area contributed by atoms with Crippen LogP contribution < -0.4 is 0 Å². The molecule has 0 aliphatic rings. The summed E-state index contributed by atoms with van der Waals surface area (Å²) < 4.78 is 0. The van der Waals surface area contributed by atoms with Crippen LogP contribution in [-0.4, -0.2) is 20.2 Å². The van der Waals surface area contributed by atoms with Crippen LogP contribution in [0.1, 0.15) is 4.88 Å². The molecule has 0 saturated carbocycles. The first-order chi connectivity index (χ1) is 7.74. The zero-order valence-corrected chi connectivity index (χ0v) is 9.93. The molecule has 0 saturated heterocycles. The normalized spacial score (nSPS) is 11.1. The van der Waals surface area contributed by atoms with E-state index in [9.17, 15) is 0 Å². The molecule has 0 spiro atoms. The molecule has 0 fully saturated rings. The third kappa shape index (κ3) is 1.48. The van der Waals surface area contributed by atoms with E-state index in [1.54, 1.807) is 17.5 Å². The van der Waals surface area contributed by atoms with Gasteiger partial charge in [-0.2, -0.15) is 5.10 Å². The Labute approximate surface area is 100 Å². The highest BCUT2D eigenvalue weighted by Crippen LogP contribution is 2.27. The summed E-state index contributed by atoms with van der Waals surface area (Å²) in [6.07, 6.45) is 1.72. The van der Waals surface area contributed by atoms with E-state index in [0.29, 0.717) is 16.5 Å². The third-order valence-electron chi connectivity index (χ3n) is 2.21. The molecule has 0 aliphatic carbocycles. The largest absolute Gasteiger partial charge is 0.283 e. The van der Waals surface area contributed by atoms with Crippen molar-refractivity contribution in [1.29, 1.82) is 0 Å².